The molecule has 0 spiro atoms. The lowest BCUT2D eigenvalue weighted by molar-refractivity contribution is -0.133. The van der Waals surface area contributed by atoms with Crippen molar-refractivity contribution in [1.29, 1.82) is 0 Å². The Morgan fingerprint density at radius 2 is 1.95 bits per heavy atom. The maximum Gasteiger partial charge on any atom is 0.237 e. The van der Waals surface area contributed by atoms with Gasteiger partial charge < -0.3 is 20.5 Å². The van der Waals surface area contributed by atoms with Crippen LogP contribution in [-0.2, 0) is 16.1 Å². The van der Waals surface area contributed by atoms with E-state index in [9.17, 15) is 9.59 Å². The highest BCUT2D eigenvalue weighted by Crippen LogP contribution is 2.24. The maximum atomic E-state index is 12.0. The van der Waals surface area contributed by atoms with Crippen LogP contribution >= 0.6 is 0 Å². The number of nitrogens with one attached hydrogen (secondary N) is 1. The second-order valence-corrected chi connectivity index (χ2v) is 5.17. The summed E-state index contributed by atoms with van der Waals surface area (Å²) in [6.07, 6.45) is 0.00688. The van der Waals surface area contributed by atoms with Gasteiger partial charge in [0, 0.05) is 25.7 Å². The Kier molecular flexibility index (Phi) is 5.21. The van der Waals surface area contributed by atoms with Crippen molar-refractivity contribution < 1.29 is 19.1 Å². The van der Waals surface area contributed by atoms with Crippen LogP contribution in [0.1, 0.15) is 12.0 Å². The van der Waals surface area contributed by atoms with Gasteiger partial charge in [-0.05, 0) is 17.7 Å². The van der Waals surface area contributed by atoms with Gasteiger partial charge in [-0.1, -0.05) is 0 Å². The van der Waals surface area contributed by atoms with Gasteiger partial charge in [-0.15, -0.1) is 0 Å². The third-order valence-corrected chi connectivity index (χ3v) is 3.63. The molecule has 1 saturated heterocycles. The summed E-state index contributed by atoms with van der Waals surface area (Å²) in [6.45, 7) is 1.72. The minimum atomic E-state index is -0.538. The Bertz CT molecular complexity index is 539. The van der Waals surface area contributed by atoms with Gasteiger partial charge in [0.15, 0.2) is 0 Å². The number of piperazine rings is 1. The standard InChI is InChI=1S/C15H21N3O4/c1-21-11-5-10(6-12(7-11)22-2)9-18-4-3-17-15(20)13(18)8-14(16)19/h5-7,13H,3-4,8-9H2,1-2H3,(H2,16,19)(H,17,20). The molecule has 1 aromatic rings. The zero-order valence-corrected chi connectivity index (χ0v) is 12.8. The Balaban J connectivity index is 2.19. The smallest absolute Gasteiger partial charge is 0.237 e. The predicted octanol–water partition coefficient (Wildman–Crippen LogP) is -0.120. The van der Waals surface area contributed by atoms with Gasteiger partial charge in [0.1, 0.15) is 11.5 Å². The van der Waals surface area contributed by atoms with E-state index in [2.05, 4.69) is 5.32 Å². The van der Waals surface area contributed by atoms with E-state index in [0.29, 0.717) is 31.1 Å². The normalized spacial score (nSPS) is 18.6. The maximum absolute atomic E-state index is 12.0. The van der Waals surface area contributed by atoms with Gasteiger partial charge in [-0.2, -0.15) is 0 Å². The zero-order valence-electron chi connectivity index (χ0n) is 12.8. The second-order valence-electron chi connectivity index (χ2n) is 5.17. The molecule has 1 aliphatic heterocycles. The Hall–Kier alpha value is -2.28. The summed E-state index contributed by atoms with van der Waals surface area (Å²) in [6, 6.07) is 5.02. The Labute approximate surface area is 129 Å². The number of nitrogens with two attached hydrogens (primary N) is 1. The molecule has 0 bridgehead atoms. The summed E-state index contributed by atoms with van der Waals surface area (Å²) in [4.78, 5) is 25.1. The van der Waals surface area contributed by atoms with E-state index in [4.69, 9.17) is 15.2 Å². The van der Waals surface area contributed by atoms with Crippen molar-refractivity contribution in [3.63, 3.8) is 0 Å². The first-order chi connectivity index (χ1) is 10.5. The van der Waals surface area contributed by atoms with Crippen LogP contribution in [0.15, 0.2) is 18.2 Å². The molecule has 2 amide bonds. The van der Waals surface area contributed by atoms with Gasteiger partial charge in [-0.3, -0.25) is 14.5 Å². The number of methoxy groups -OCH3 is 2. The third kappa shape index (κ3) is 3.88. The number of hydrogen-bond acceptors (Lipinski definition) is 5. The zero-order chi connectivity index (χ0) is 16.1. The first-order valence-corrected chi connectivity index (χ1v) is 7.05. The number of amides is 2. The SMILES string of the molecule is COc1cc(CN2CCNC(=O)C2CC(N)=O)cc(OC)c1. The van der Waals surface area contributed by atoms with Crippen LogP contribution in [0.3, 0.4) is 0 Å². The quantitative estimate of drug-likeness (QED) is 0.764. The Morgan fingerprint density at radius 1 is 1.32 bits per heavy atom. The average molecular weight is 307 g/mol. The van der Waals surface area contributed by atoms with Crippen LogP contribution in [0, 0.1) is 0 Å². The van der Waals surface area contributed by atoms with E-state index in [0.717, 1.165) is 5.56 Å². The lowest BCUT2D eigenvalue weighted by atomic mass is 10.1. The number of benzene rings is 1. The highest BCUT2D eigenvalue weighted by atomic mass is 16.5. The Morgan fingerprint density at radius 3 is 2.50 bits per heavy atom. The van der Waals surface area contributed by atoms with Crippen molar-refractivity contribution in [2.24, 2.45) is 5.73 Å². The molecule has 0 radical (unpaired) electrons. The van der Waals surface area contributed by atoms with E-state index < -0.39 is 11.9 Å². The van der Waals surface area contributed by atoms with Crippen LogP contribution in [0.4, 0.5) is 0 Å². The minimum absolute atomic E-state index is 0.00688. The molecular formula is C15H21N3O4. The van der Waals surface area contributed by atoms with Crippen molar-refractivity contribution >= 4 is 11.8 Å². The number of nitrogens with zero attached hydrogens (tertiary/aromatic N) is 1. The molecule has 1 aliphatic rings. The fourth-order valence-corrected chi connectivity index (χ4v) is 2.56. The van der Waals surface area contributed by atoms with Crippen molar-refractivity contribution in [3.05, 3.63) is 23.8 Å². The molecule has 0 aliphatic carbocycles. The molecule has 7 nitrogen and oxygen atoms in total. The van der Waals surface area contributed by atoms with E-state index in [1.54, 1.807) is 20.3 Å². The largest absolute Gasteiger partial charge is 0.497 e. The number of rotatable bonds is 6. The lowest BCUT2D eigenvalue weighted by Crippen LogP contribution is -2.55. The summed E-state index contributed by atoms with van der Waals surface area (Å²) in [5.74, 6) is 0.708. The number of ether oxygens (including phenoxy) is 2. The summed E-state index contributed by atoms with van der Waals surface area (Å²) in [5.41, 5.74) is 6.19. The fraction of sp³-hybridized carbons (Fsp3) is 0.467. The topological polar surface area (TPSA) is 93.9 Å². The fourth-order valence-electron chi connectivity index (χ4n) is 2.56. The minimum Gasteiger partial charge on any atom is -0.497 e. The lowest BCUT2D eigenvalue weighted by Gasteiger charge is -2.34. The van der Waals surface area contributed by atoms with Crippen molar-refractivity contribution in [2.45, 2.75) is 19.0 Å². The number of primary amides is 1. The van der Waals surface area contributed by atoms with Gasteiger partial charge in [0.2, 0.25) is 11.8 Å². The van der Waals surface area contributed by atoms with Gasteiger partial charge in [0.25, 0.3) is 0 Å². The van der Waals surface area contributed by atoms with Crippen molar-refractivity contribution in [2.75, 3.05) is 27.3 Å². The molecule has 22 heavy (non-hydrogen) atoms. The van der Waals surface area contributed by atoms with Crippen LogP contribution in [0.25, 0.3) is 0 Å². The average Bonchev–Trinajstić information content (AvgIpc) is 2.50. The van der Waals surface area contributed by atoms with Gasteiger partial charge >= 0.3 is 0 Å². The molecule has 7 heteroatoms. The molecule has 1 heterocycles. The van der Waals surface area contributed by atoms with Crippen LogP contribution in [0.2, 0.25) is 0 Å². The summed E-state index contributed by atoms with van der Waals surface area (Å²) in [7, 11) is 3.17. The summed E-state index contributed by atoms with van der Waals surface area (Å²) < 4.78 is 10.5. The molecule has 1 unspecified atom stereocenters. The molecule has 0 aromatic heterocycles. The van der Waals surface area contributed by atoms with E-state index in [-0.39, 0.29) is 12.3 Å². The molecular weight excluding hydrogens is 286 g/mol. The molecule has 0 saturated carbocycles. The van der Waals surface area contributed by atoms with Gasteiger partial charge in [0.05, 0.1) is 26.7 Å². The van der Waals surface area contributed by atoms with Crippen molar-refractivity contribution in [1.82, 2.24) is 10.2 Å². The first kappa shape index (κ1) is 16.1. The second kappa shape index (κ2) is 7.13. The van der Waals surface area contributed by atoms with Crippen LogP contribution in [0.5, 0.6) is 11.5 Å². The van der Waals surface area contributed by atoms with Gasteiger partial charge in [-0.25, -0.2) is 0 Å². The molecule has 3 N–H and O–H groups in total. The van der Waals surface area contributed by atoms with E-state index in [1.165, 1.54) is 0 Å². The van der Waals surface area contributed by atoms with Crippen LogP contribution in [-0.4, -0.2) is 50.1 Å². The molecule has 1 atom stereocenters. The first-order valence-electron chi connectivity index (χ1n) is 7.05. The van der Waals surface area contributed by atoms with Crippen molar-refractivity contribution in [3.8, 4) is 11.5 Å². The number of hydrogen-bond donors (Lipinski definition) is 2. The predicted molar refractivity (Wildman–Crippen MR) is 80.6 cm³/mol. The van der Waals surface area contributed by atoms with E-state index in [1.807, 2.05) is 17.0 Å². The number of carbonyl (C=O) groups excluding carboxylic acids is 2. The highest BCUT2D eigenvalue weighted by Gasteiger charge is 2.31. The summed E-state index contributed by atoms with van der Waals surface area (Å²) >= 11 is 0. The molecule has 120 valence electrons. The van der Waals surface area contributed by atoms with E-state index >= 15 is 0 Å². The molecule has 1 aromatic carbocycles. The molecule has 1 fully saturated rings. The highest BCUT2D eigenvalue weighted by molar-refractivity contribution is 5.88. The number of carbonyl (C=O) groups is 2. The third-order valence-electron chi connectivity index (χ3n) is 3.63. The van der Waals surface area contributed by atoms with Crippen LogP contribution < -0.4 is 20.5 Å². The molecule has 2 rings (SSSR count). The monoisotopic (exact) mass is 307 g/mol. The summed E-state index contributed by atoms with van der Waals surface area (Å²) in [5, 5.41) is 2.76.